The number of ether oxygens (including phenoxy) is 1. The minimum absolute atomic E-state index is 0.247. The van der Waals surface area contributed by atoms with Gasteiger partial charge in [0.1, 0.15) is 0 Å². The van der Waals surface area contributed by atoms with E-state index in [-0.39, 0.29) is 11.9 Å². The Kier molecular flexibility index (Phi) is 4.12. The Labute approximate surface area is 118 Å². The second kappa shape index (κ2) is 5.65. The number of methoxy groups -OCH3 is 1. The van der Waals surface area contributed by atoms with Crippen LogP contribution in [0.4, 0.5) is 0 Å². The van der Waals surface area contributed by atoms with Gasteiger partial charge in [0.15, 0.2) is 0 Å². The van der Waals surface area contributed by atoms with Crippen molar-refractivity contribution in [3.63, 3.8) is 0 Å². The molecule has 0 saturated heterocycles. The highest BCUT2D eigenvalue weighted by Crippen LogP contribution is 2.43. The maximum Gasteiger partial charge on any atom is 0.337 e. The molecule has 0 radical (unpaired) electrons. The van der Waals surface area contributed by atoms with Crippen LogP contribution >= 0.6 is 0 Å². The number of esters is 1. The third-order valence-electron chi connectivity index (χ3n) is 4.30. The lowest BCUT2D eigenvalue weighted by molar-refractivity contribution is -0.150. The molecule has 4 nitrogen and oxygen atoms in total. The van der Waals surface area contributed by atoms with E-state index in [1.54, 1.807) is 12.1 Å². The number of benzene rings is 1. The van der Waals surface area contributed by atoms with Crippen molar-refractivity contribution in [2.45, 2.75) is 38.5 Å². The van der Waals surface area contributed by atoms with Crippen LogP contribution in [0.1, 0.15) is 54.4 Å². The summed E-state index contributed by atoms with van der Waals surface area (Å²) in [4.78, 5) is 22.8. The third kappa shape index (κ3) is 2.84. The molecule has 0 spiro atoms. The summed E-state index contributed by atoms with van der Waals surface area (Å²) in [5.41, 5.74) is 0.988. The maximum absolute atomic E-state index is 11.4. The number of carboxylic acids is 1. The fourth-order valence-electron chi connectivity index (χ4n) is 2.97. The van der Waals surface area contributed by atoms with Crippen LogP contribution in [0.25, 0.3) is 0 Å². The molecule has 108 valence electrons. The summed E-state index contributed by atoms with van der Waals surface area (Å²) in [7, 11) is 1.36. The Bertz CT molecular complexity index is 506. The first-order chi connectivity index (χ1) is 9.46. The normalized spacial score (nSPS) is 26.0. The molecule has 1 fully saturated rings. The van der Waals surface area contributed by atoms with Gasteiger partial charge in [-0.05, 0) is 49.8 Å². The van der Waals surface area contributed by atoms with Gasteiger partial charge in [0, 0.05) is 0 Å². The number of carbonyl (C=O) groups excluding carboxylic acids is 1. The van der Waals surface area contributed by atoms with Crippen molar-refractivity contribution >= 4 is 11.9 Å². The molecule has 1 aromatic carbocycles. The number of hydrogen-bond donors (Lipinski definition) is 1. The van der Waals surface area contributed by atoms with Gasteiger partial charge in [-0.15, -0.1) is 0 Å². The van der Waals surface area contributed by atoms with E-state index in [1.165, 1.54) is 7.11 Å². The van der Waals surface area contributed by atoms with E-state index in [0.29, 0.717) is 12.0 Å². The van der Waals surface area contributed by atoms with E-state index in [4.69, 9.17) is 0 Å². The highest BCUT2D eigenvalue weighted by molar-refractivity contribution is 5.89. The summed E-state index contributed by atoms with van der Waals surface area (Å²) >= 11 is 0. The first-order valence-electron chi connectivity index (χ1n) is 6.88. The average molecular weight is 276 g/mol. The minimum Gasteiger partial charge on any atom is -0.481 e. The van der Waals surface area contributed by atoms with Gasteiger partial charge in [0.25, 0.3) is 0 Å². The molecule has 1 aliphatic carbocycles. The molecule has 20 heavy (non-hydrogen) atoms. The van der Waals surface area contributed by atoms with E-state index in [0.717, 1.165) is 24.8 Å². The standard InChI is InChI=1S/C16H20O4/c1-16(15(18)19)9-3-4-13(10-16)11-5-7-12(8-6-11)14(17)20-2/h5-8,13H,3-4,9-10H2,1-2H3,(H,18,19)/t13-,16+/m0/s1. The quantitative estimate of drug-likeness (QED) is 0.861. The van der Waals surface area contributed by atoms with Crippen LogP contribution in [0, 0.1) is 5.41 Å². The number of carboxylic acid groups (broad SMARTS) is 1. The number of carbonyl (C=O) groups is 2. The molecule has 0 amide bonds. The summed E-state index contributed by atoms with van der Waals surface area (Å²) in [5.74, 6) is -0.819. The molecular formula is C16H20O4. The van der Waals surface area contributed by atoms with E-state index in [2.05, 4.69) is 4.74 Å². The predicted octanol–water partition coefficient (Wildman–Crippen LogP) is 3.22. The molecule has 1 aliphatic rings. The molecule has 0 aliphatic heterocycles. The van der Waals surface area contributed by atoms with Crippen molar-refractivity contribution in [2.75, 3.05) is 7.11 Å². The van der Waals surface area contributed by atoms with Crippen LogP contribution in [-0.2, 0) is 9.53 Å². The van der Waals surface area contributed by atoms with Gasteiger partial charge in [-0.3, -0.25) is 4.79 Å². The molecule has 1 N–H and O–H groups in total. The van der Waals surface area contributed by atoms with E-state index < -0.39 is 11.4 Å². The first kappa shape index (κ1) is 14.6. The third-order valence-corrected chi connectivity index (χ3v) is 4.30. The molecule has 0 heterocycles. The van der Waals surface area contributed by atoms with Gasteiger partial charge in [0.2, 0.25) is 0 Å². The first-order valence-corrected chi connectivity index (χ1v) is 6.88. The Morgan fingerprint density at radius 2 is 1.95 bits per heavy atom. The van der Waals surface area contributed by atoms with Crippen molar-refractivity contribution in [2.24, 2.45) is 5.41 Å². The minimum atomic E-state index is -0.714. The number of rotatable bonds is 3. The van der Waals surface area contributed by atoms with Crippen LogP contribution in [-0.4, -0.2) is 24.2 Å². The second-order valence-corrected chi connectivity index (χ2v) is 5.77. The topological polar surface area (TPSA) is 63.6 Å². The molecular weight excluding hydrogens is 256 g/mol. The summed E-state index contributed by atoms with van der Waals surface area (Å²) in [5, 5.41) is 9.35. The number of aliphatic carboxylic acids is 1. The molecule has 0 aromatic heterocycles. The molecule has 1 saturated carbocycles. The van der Waals surface area contributed by atoms with Crippen molar-refractivity contribution < 1.29 is 19.4 Å². The zero-order chi connectivity index (χ0) is 14.8. The zero-order valence-electron chi connectivity index (χ0n) is 11.9. The van der Waals surface area contributed by atoms with E-state index in [1.807, 2.05) is 19.1 Å². The molecule has 1 aromatic rings. The predicted molar refractivity (Wildman–Crippen MR) is 74.7 cm³/mol. The largest absolute Gasteiger partial charge is 0.481 e. The van der Waals surface area contributed by atoms with Crippen molar-refractivity contribution in [3.05, 3.63) is 35.4 Å². The Balaban J connectivity index is 2.15. The maximum atomic E-state index is 11.4. The van der Waals surface area contributed by atoms with Crippen LogP contribution in [0.5, 0.6) is 0 Å². The van der Waals surface area contributed by atoms with Gasteiger partial charge in [-0.1, -0.05) is 18.6 Å². The summed E-state index contributed by atoms with van der Waals surface area (Å²) in [6.45, 7) is 1.82. The fraction of sp³-hybridized carbons (Fsp3) is 0.500. The smallest absolute Gasteiger partial charge is 0.337 e. The zero-order valence-corrected chi connectivity index (χ0v) is 11.9. The van der Waals surface area contributed by atoms with Gasteiger partial charge >= 0.3 is 11.9 Å². The summed E-state index contributed by atoms with van der Waals surface area (Å²) < 4.78 is 4.67. The molecule has 0 unspecified atom stereocenters. The highest BCUT2D eigenvalue weighted by Gasteiger charge is 2.38. The van der Waals surface area contributed by atoms with Crippen molar-refractivity contribution in [3.8, 4) is 0 Å². The monoisotopic (exact) mass is 276 g/mol. The Morgan fingerprint density at radius 1 is 1.30 bits per heavy atom. The summed E-state index contributed by atoms with van der Waals surface area (Å²) in [6, 6.07) is 7.30. The van der Waals surface area contributed by atoms with Crippen LogP contribution in [0.15, 0.2) is 24.3 Å². The highest BCUT2D eigenvalue weighted by atomic mass is 16.5. The van der Waals surface area contributed by atoms with Crippen molar-refractivity contribution in [1.29, 1.82) is 0 Å². The Hall–Kier alpha value is -1.84. The second-order valence-electron chi connectivity index (χ2n) is 5.77. The lowest BCUT2D eigenvalue weighted by atomic mass is 9.69. The van der Waals surface area contributed by atoms with E-state index >= 15 is 0 Å². The van der Waals surface area contributed by atoms with Crippen molar-refractivity contribution in [1.82, 2.24) is 0 Å². The van der Waals surface area contributed by atoms with Crippen LogP contribution in [0.3, 0.4) is 0 Å². The molecule has 2 rings (SSSR count). The molecule has 2 atom stereocenters. The van der Waals surface area contributed by atoms with Gasteiger partial charge < -0.3 is 9.84 Å². The molecule has 0 bridgehead atoms. The lowest BCUT2D eigenvalue weighted by Gasteiger charge is -2.35. The lowest BCUT2D eigenvalue weighted by Crippen LogP contribution is -2.32. The summed E-state index contributed by atoms with van der Waals surface area (Å²) in [6.07, 6.45) is 3.31. The molecule has 4 heteroatoms. The Morgan fingerprint density at radius 3 is 2.50 bits per heavy atom. The van der Waals surface area contributed by atoms with Gasteiger partial charge in [-0.25, -0.2) is 4.79 Å². The van der Waals surface area contributed by atoms with Gasteiger partial charge in [-0.2, -0.15) is 0 Å². The number of hydrogen-bond acceptors (Lipinski definition) is 3. The van der Waals surface area contributed by atoms with Crippen LogP contribution in [0.2, 0.25) is 0 Å². The van der Waals surface area contributed by atoms with E-state index in [9.17, 15) is 14.7 Å². The van der Waals surface area contributed by atoms with Gasteiger partial charge in [0.05, 0.1) is 18.1 Å². The average Bonchev–Trinajstić information content (AvgIpc) is 2.46. The van der Waals surface area contributed by atoms with Crippen LogP contribution < -0.4 is 0 Å². The SMILES string of the molecule is COC(=O)c1ccc([C@H]2CCC[C@@](C)(C(=O)O)C2)cc1. The fourth-order valence-corrected chi connectivity index (χ4v) is 2.97.